The molecule has 1 heterocycles. The van der Waals surface area contributed by atoms with Gasteiger partial charge < -0.3 is 10.6 Å². The topological polar surface area (TPSA) is 41.1 Å². The van der Waals surface area contributed by atoms with Crippen LogP contribution in [-0.4, -0.2) is 19.0 Å². The fraction of sp³-hybridized carbons (Fsp3) is 0.462. The van der Waals surface area contributed by atoms with Crippen LogP contribution in [0.1, 0.15) is 19.3 Å². The number of amides is 1. The fourth-order valence-electron chi connectivity index (χ4n) is 2.14. The Kier molecular flexibility index (Phi) is 4.87. The molecule has 1 aliphatic heterocycles. The van der Waals surface area contributed by atoms with Crippen molar-refractivity contribution < 1.29 is 4.79 Å². The molecule has 18 heavy (non-hydrogen) atoms. The minimum absolute atomic E-state index is 0.0196. The van der Waals surface area contributed by atoms with Crippen molar-refractivity contribution in [2.75, 3.05) is 18.4 Å². The SMILES string of the molecule is O=C(CC1CCNCC1)Nc1ccc(Cl)cc1Cl. The molecule has 2 rings (SSSR count). The predicted octanol–water partition coefficient (Wildman–Crippen LogP) is 3.32. The molecule has 98 valence electrons. The van der Waals surface area contributed by atoms with E-state index in [1.165, 1.54) is 0 Å². The highest BCUT2D eigenvalue weighted by Crippen LogP contribution is 2.26. The summed E-state index contributed by atoms with van der Waals surface area (Å²) in [5, 5.41) is 7.16. The van der Waals surface area contributed by atoms with E-state index in [1.807, 2.05) is 0 Å². The number of carbonyl (C=O) groups is 1. The summed E-state index contributed by atoms with van der Waals surface area (Å²) >= 11 is 11.8. The van der Waals surface area contributed by atoms with Gasteiger partial charge in [-0.2, -0.15) is 0 Å². The van der Waals surface area contributed by atoms with E-state index in [4.69, 9.17) is 23.2 Å². The first-order valence-electron chi connectivity index (χ1n) is 6.11. The van der Waals surface area contributed by atoms with Gasteiger partial charge in [0, 0.05) is 11.4 Å². The van der Waals surface area contributed by atoms with Crippen molar-refractivity contribution in [2.24, 2.45) is 5.92 Å². The van der Waals surface area contributed by atoms with Crippen molar-refractivity contribution in [2.45, 2.75) is 19.3 Å². The van der Waals surface area contributed by atoms with Crippen LogP contribution in [0.15, 0.2) is 18.2 Å². The summed E-state index contributed by atoms with van der Waals surface area (Å²) in [6.07, 6.45) is 2.67. The summed E-state index contributed by atoms with van der Waals surface area (Å²) in [5.41, 5.74) is 0.625. The Morgan fingerprint density at radius 1 is 1.33 bits per heavy atom. The molecular weight excluding hydrogens is 271 g/mol. The van der Waals surface area contributed by atoms with Gasteiger partial charge in [0.05, 0.1) is 10.7 Å². The molecule has 1 aromatic rings. The number of anilines is 1. The van der Waals surface area contributed by atoms with Crippen molar-refractivity contribution in [3.63, 3.8) is 0 Å². The number of halogens is 2. The molecule has 1 aliphatic rings. The second kappa shape index (κ2) is 6.41. The van der Waals surface area contributed by atoms with E-state index in [2.05, 4.69) is 10.6 Å². The minimum atomic E-state index is 0.0196. The Bertz CT molecular complexity index is 431. The maximum Gasteiger partial charge on any atom is 0.224 e. The number of hydrogen-bond acceptors (Lipinski definition) is 2. The van der Waals surface area contributed by atoms with Crippen molar-refractivity contribution in [1.29, 1.82) is 0 Å². The Morgan fingerprint density at radius 3 is 2.72 bits per heavy atom. The maximum absolute atomic E-state index is 11.9. The standard InChI is InChI=1S/C13H16Cl2N2O/c14-10-1-2-12(11(15)8-10)17-13(18)7-9-3-5-16-6-4-9/h1-2,8-9,16H,3-7H2,(H,17,18). The first kappa shape index (κ1) is 13.7. The van der Waals surface area contributed by atoms with E-state index in [0.717, 1.165) is 25.9 Å². The van der Waals surface area contributed by atoms with Gasteiger partial charge in [-0.1, -0.05) is 23.2 Å². The first-order chi connectivity index (χ1) is 8.65. The monoisotopic (exact) mass is 286 g/mol. The van der Waals surface area contributed by atoms with E-state index < -0.39 is 0 Å². The van der Waals surface area contributed by atoms with Crippen LogP contribution in [0.25, 0.3) is 0 Å². The van der Waals surface area contributed by atoms with E-state index >= 15 is 0 Å². The second-order valence-electron chi connectivity index (χ2n) is 4.57. The number of nitrogens with one attached hydrogen (secondary N) is 2. The molecule has 0 bridgehead atoms. The van der Waals surface area contributed by atoms with Crippen LogP contribution in [0, 0.1) is 5.92 Å². The van der Waals surface area contributed by atoms with Crippen LogP contribution in [-0.2, 0) is 4.79 Å². The van der Waals surface area contributed by atoms with Gasteiger partial charge >= 0.3 is 0 Å². The molecule has 0 unspecified atom stereocenters. The van der Waals surface area contributed by atoms with Gasteiger partial charge in [0.15, 0.2) is 0 Å². The van der Waals surface area contributed by atoms with Crippen molar-refractivity contribution >= 4 is 34.8 Å². The van der Waals surface area contributed by atoms with Gasteiger partial charge in [-0.25, -0.2) is 0 Å². The molecule has 0 aliphatic carbocycles. The highest BCUT2D eigenvalue weighted by Gasteiger charge is 2.17. The summed E-state index contributed by atoms with van der Waals surface area (Å²) < 4.78 is 0. The average molecular weight is 287 g/mol. The third-order valence-corrected chi connectivity index (χ3v) is 3.69. The highest BCUT2D eigenvalue weighted by atomic mass is 35.5. The summed E-state index contributed by atoms with van der Waals surface area (Å²) in [6, 6.07) is 5.07. The Balaban J connectivity index is 1.90. The maximum atomic E-state index is 11.9. The van der Waals surface area contributed by atoms with Crippen LogP contribution < -0.4 is 10.6 Å². The van der Waals surface area contributed by atoms with Crippen molar-refractivity contribution in [3.05, 3.63) is 28.2 Å². The van der Waals surface area contributed by atoms with E-state index in [-0.39, 0.29) is 5.91 Å². The number of hydrogen-bond donors (Lipinski definition) is 2. The summed E-state index contributed by atoms with van der Waals surface area (Å²) in [5.74, 6) is 0.489. The Labute approximate surface area is 117 Å². The molecular formula is C13H16Cl2N2O. The van der Waals surface area contributed by atoms with Crippen LogP contribution in [0.5, 0.6) is 0 Å². The van der Waals surface area contributed by atoms with Gasteiger partial charge in [0.25, 0.3) is 0 Å². The summed E-state index contributed by atoms with van der Waals surface area (Å²) in [4.78, 5) is 11.9. The lowest BCUT2D eigenvalue weighted by molar-refractivity contribution is -0.117. The molecule has 1 saturated heterocycles. The van der Waals surface area contributed by atoms with Crippen LogP contribution in [0.4, 0.5) is 5.69 Å². The number of benzene rings is 1. The van der Waals surface area contributed by atoms with Gasteiger partial charge in [-0.3, -0.25) is 4.79 Å². The molecule has 0 spiro atoms. The largest absolute Gasteiger partial charge is 0.325 e. The summed E-state index contributed by atoms with van der Waals surface area (Å²) in [6.45, 7) is 2.00. The van der Waals surface area contributed by atoms with Gasteiger partial charge in [0.1, 0.15) is 0 Å². The zero-order valence-corrected chi connectivity index (χ0v) is 11.5. The molecule has 0 radical (unpaired) electrons. The van der Waals surface area contributed by atoms with Crippen LogP contribution in [0.3, 0.4) is 0 Å². The molecule has 2 N–H and O–H groups in total. The molecule has 5 heteroatoms. The smallest absolute Gasteiger partial charge is 0.224 e. The molecule has 0 atom stereocenters. The lowest BCUT2D eigenvalue weighted by Gasteiger charge is -2.22. The molecule has 3 nitrogen and oxygen atoms in total. The number of rotatable bonds is 3. The highest BCUT2D eigenvalue weighted by molar-refractivity contribution is 6.36. The molecule has 1 aromatic carbocycles. The zero-order valence-electron chi connectivity index (χ0n) is 10.0. The van der Waals surface area contributed by atoms with Gasteiger partial charge in [-0.15, -0.1) is 0 Å². The lowest BCUT2D eigenvalue weighted by Crippen LogP contribution is -2.30. The first-order valence-corrected chi connectivity index (χ1v) is 6.86. The number of piperidine rings is 1. The molecule has 0 aromatic heterocycles. The molecule has 1 amide bonds. The minimum Gasteiger partial charge on any atom is -0.325 e. The van der Waals surface area contributed by atoms with E-state index in [1.54, 1.807) is 18.2 Å². The fourth-order valence-corrected chi connectivity index (χ4v) is 2.60. The third kappa shape index (κ3) is 3.87. The van der Waals surface area contributed by atoms with Crippen molar-refractivity contribution in [3.8, 4) is 0 Å². The number of carbonyl (C=O) groups excluding carboxylic acids is 1. The van der Waals surface area contributed by atoms with Crippen molar-refractivity contribution in [1.82, 2.24) is 5.32 Å². The van der Waals surface area contributed by atoms with Gasteiger partial charge in [-0.05, 0) is 50.0 Å². The quantitative estimate of drug-likeness (QED) is 0.895. The Hall–Kier alpha value is -0.770. The third-order valence-electron chi connectivity index (χ3n) is 3.14. The zero-order chi connectivity index (χ0) is 13.0. The average Bonchev–Trinajstić information content (AvgIpc) is 2.34. The lowest BCUT2D eigenvalue weighted by atomic mass is 9.94. The molecule has 0 saturated carbocycles. The van der Waals surface area contributed by atoms with Crippen LogP contribution in [0.2, 0.25) is 10.0 Å². The Morgan fingerprint density at radius 2 is 2.06 bits per heavy atom. The summed E-state index contributed by atoms with van der Waals surface area (Å²) in [7, 11) is 0. The van der Waals surface area contributed by atoms with Crippen LogP contribution >= 0.6 is 23.2 Å². The molecule has 1 fully saturated rings. The predicted molar refractivity (Wildman–Crippen MR) is 75.3 cm³/mol. The van der Waals surface area contributed by atoms with Gasteiger partial charge in [0.2, 0.25) is 5.91 Å². The second-order valence-corrected chi connectivity index (χ2v) is 5.41. The van der Waals surface area contributed by atoms with E-state index in [0.29, 0.717) is 28.1 Å². The van der Waals surface area contributed by atoms with E-state index in [9.17, 15) is 4.79 Å². The normalized spacial score (nSPS) is 16.6.